The van der Waals surface area contributed by atoms with Crippen LogP contribution in [-0.2, 0) is 4.79 Å². The Morgan fingerprint density at radius 1 is 1.50 bits per heavy atom. The van der Waals surface area contributed by atoms with Crippen LogP contribution in [0.1, 0.15) is 19.8 Å². The molecule has 1 N–H and O–H groups in total. The highest BCUT2D eigenvalue weighted by Crippen LogP contribution is 2.30. The van der Waals surface area contributed by atoms with Crippen LogP contribution in [0.3, 0.4) is 0 Å². The van der Waals surface area contributed by atoms with Crippen molar-refractivity contribution in [1.82, 2.24) is 5.43 Å². The Morgan fingerprint density at radius 3 is 3.06 bits per heavy atom. The van der Waals surface area contributed by atoms with E-state index in [1.807, 2.05) is 25.1 Å². The van der Waals surface area contributed by atoms with Gasteiger partial charge in [0.2, 0.25) is 6.10 Å². The molecule has 1 aromatic rings. The predicted octanol–water partition coefficient (Wildman–Crippen LogP) is 1.73. The van der Waals surface area contributed by atoms with Crippen molar-refractivity contribution >= 4 is 12.1 Å². The summed E-state index contributed by atoms with van der Waals surface area (Å²) in [5.74, 6) is 0.953. The summed E-state index contributed by atoms with van der Waals surface area (Å²) >= 11 is 0. The van der Waals surface area contributed by atoms with Gasteiger partial charge in [-0.25, -0.2) is 5.43 Å². The zero-order valence-electron chi connectivity index (χ0n) is 10.3. The van der Waals surface area contributed by atoms with E-state index in [0.29, 0.717) is 11.5 Å². The number of hydrogen-bond donors (Lipinski definition) is 1. The molecule has 0 aromatic heterocycles. The van der Waals surface area contributed by atoms with E-state index in [4.69, 9.17) is 9.47 Å². The third kappa shape index (κ3) is 3.00. The van der Waals surface area contributed by atoms with Crippen LogP contribution in [0.4, 0.5) is 0 Å². The van der Waals surface area contributed by atoms with Crippen molar-refractivity contribution in [3.8, 4) is 11.5 Å². The van der Waals surface area contributed by atoms with Crippen LogP contribution in [0.25, 0.3) is 0 Å². The van der Waals surface area contributed by atoms with Crippen LogP contribution in [0, 0.1) is 0 Å². The van der Waals surface area contributed by atoms with E-state index >= 15 is 0 Å². The molecule has 1 heterocycles. The van der Waals surface area contributed by atoms with Crippen molar-refractivity contribution in [2.45, 2.75) is 25.9 Å². The fourth-order valence-corrected chi connectivity index (χ4v) is 1.52. The van der Waals surface area contributed by atoms with Gasteiger partial charge in [0.1, 0.15) is 6.61 Å². The van der Waals surface area contributed by atoms with Crippen LogP contribution in [0.5, 0.6) is 11.5 Å². The summed E-state index contributed by atoms with van der Waals surface area (Å²) in [5, 5.41) is 3.83. The molecule has 0 radical (unpaired) electrons. The summed E-state index contributed by atoms with van der Waals surface area (Å²) in [7, 11) is 0. The smallest absolute Gasteiger partial charge is 0.284 e. The molecule has 0 saturated carbocycles. The molecule has 1 aliphatic heterocycles. The van der Waals surface area contributed by atoms with Crippen molar-refractivity contribution in [2.24, 2.45) is 5.10 Å². The van der Waals surface area contributed by atoms with Gasteiger partial charge in [-0.3, -0.25) is 4.79 Å². The fourth-order valence-electron chi connectivity index (χ4n) is 1.52. The quantitative estimate of drug-likeness (QED) is 0.652. The van der Waals surface area contributed by atoms with Gasteiger partial charge >= 0.3 is 0 Å². The first-order valence-electron chi connectivity index (χ1n) is 6.01. The fraction of sp³-hybridized carbons (Fsp3) is 0.385. The standard InChI is InChI=1S/C13H16N2O3/c1-2-3-8-14-15-13(16)12-9-17-10-6-4-5-7-11(10)18-12/h4-8,12H,2-3,9H2,1H3,(H,15,16)/b14-8-/t12-/m1/s1. The lowest BCUT2D eigenvalue weighted by atomic mass is 10.2. The van der Waals surface area contributed by atoms with E-state index < -0.39 is 6.10 Å². The molecule has 0 unspecified atom stereocenters. The number of fused-ring (bicyclic) bond motifs is 1. The normalized spacial score (nSPS) is 17.7. The molecule has 18 heavy (non-hydrogen) atoms. The Bertz CT molecular complexity index is 446. The number of carbonyl (C=O) groups is 1. The molecular weight excluding hydrogens is 232 g/mol. The Balaban J connectivity index is 1.90. The number of amides is 1. The zero-order chi connectivity index (χ0) is 12.8. The number of hydrazone groups is 1. The Kier molecular flexibility index (Phi) is 4.17. The molecule has 1 atom stereocenters. The monoisotopic (exact) mass is 248 g/mol. The third-order valence-electron chi connectivity index (χ3n) is 2.48. The largest absolute Gasteiger partial charge is 0.485 e. The van der Waals surface area contributed by atoms with Crippen molar-refractivity contribution < 1.29 is 14.3 Å². The Hall–Kier alpha value is -2.04. The van der Waals surface area contributed by atoms with E-state index in [1.54, 1.807) is 12.3 Å². The molecule has 1 aromatic carbocycles. The van der Waals surface area contributed by atoms with Gasteiger partial charge in [0.05, 0.1) is 0 Å². The highest BCUT2D eigenvalue weighted by atomic mass is 16.6. The summed E-state index contributed by atoms with van der Waals surface area (Å²) in [6.07, 6.45) is 2.86. The topological polar surface area (TPSA) is 59.9 Å². The third-order valence-corrected chi connectivity index (χ3v) is 2.48. The van der Waals surface area contributed by atoms with E-state index in [0.717, 1.165) is 12.8 Å². The SMILES string of the molecule is CCC/C=N\NC(=O)[C@H]1COc2ccccc2O1. The summed E-state index contributed by atoms with van der Waals surface area (Å²) in [6, 6.07) is 7.28. The molecule has 0 spiro atoms. The molecule has 1 aliphatic rings. The van der Waals surface area contributed by atoms with Crippen LogP contribution in [-0.4, -0.2) is 24.8 Å². The van der Waals surface area contributed by atoms with Gasteiger partial charge in [0.25, 0.3) is 5.91 Å². The van der Waals surface area contributed by atoms with Crippen molar-refractivity contribution in [3.63, 3.8) is 0 Å². The molecule has 96 valence electrons. The van der Waals surface area contributed by atoms with Crippen molar-refractivity contribution in [1.29, 1.82) is 0 Å². The summed E-state index contributed by atoms with van der Waals surface area (Å²) in [5.41, 5.74) is 2.44. The lowest BCUT2D eigenvalue weighted by molar-refractivity contribution is -0.130. The highest BCUT2D eigenvalue weighted by Gasteiger charge is 2.26. The van der Waals surface area contributed by atoms with Gasteiger partial charge < -0.3 is 9.47 Å². The molecule has 0 fully saturated rings. The Morgan fingerprint density at radius 2 is 2.28 bits per heavy atom. The number of rotatable bonds is 4. The van der Waals surface area contributed by atoms with Gasteiger partial charge in [-0.15, -0.1) is 0 Å². The van der Waals surface area contributed by atoms with Crippen LogP contribution >= 0.6 is 0 Å². The van der Waals surface area contributed by atoms with E-state index in [9.17, 15) is 4.79 Å². The second-order valence-electron chi connectivity index (χ2n) is 3.94. The van der Waals surface area contributed by atoms with Gasteiger partial charge in [-0.2, -0.15) is 5.10 Å². The summed E-state index contributed by atoms with van der Waals surface area (Å²) in [4.78, 5) is 11.7. The first-order valence-corrected chi connectivity index (χ1v) is 6.01. The molecule has 5 nitrogen and oxygen atoms in total. The Labute approximate surface area is 106 Å². The second kappa shape index (κ2) is 6.05. The molecule has 0 saturated heterocycles. The van der Waals surface area contributed by atoms with Crippen molar-refractivity contribution in [2.75, 3.05) is 6.61 Å². The van der Waals surface area contributed by atoms with Gasteiger partial charge in [0.15, 0.2) is 11.5 Å². The number of nitrogens with zero attached hydrogens (tertiary/aromatic N) is 1. The molecule has 0 bridgehead atoms. The maximum Gasteiger partial charge on any atom is 0.284 e. The number of para-hydroxylation sites is 2. The zero-order valence-corrected chi connectivity index (χ0v) is 10.3. The number of ether oxygens (including phenoxy) is 2. The molecule has 2 rings (SSSR count). The van der Waals surface area contributed by atoms with Crippen LogP contribution < -0.4 is 14.9 Å². The van der Waals surface area contributed by atoms with Crippen molar-refractivity contribution in [3.05, 3.63) is 24.3 Å². The molecular formula is C13H16N2O3. The maximum atomic E-state index is 11.7. The lowest BCUT2D eigenvalue weighted by Crippen LogP contribution is -2.42. The van der Waals surface area contributed by atoms with E-state index in [2.05, 4.69) is 10.5 Å². The minimum absolute atomic E-state index is 0.201. The minimum atomic E-state index is -0.654. The van der Waals surface area contributed by atoms with Crippen LogP contribution in [0.2, 0.25) is 0 Å². The number of carbonyl (C=O) groups excluding carboxylic acids is 1. The lowest BCUT2D eigenvalue weighted by Gasteiger charge is -2.24. The highest BCUT2D eigenvalue weighted by molar-refractivity contribution is 5.82. The van der Waals surface area contributed by atoms with E-state index in [1.165, 1.54) is 0 Å². The predicted molar refractivity (Wildman–Crippen MR) is 67.9 cm³/mol. The molecule has 5 heteroatoms. The van der Waals surface area contributed by atoms with Gasteiger partial charge in [-0.1, -0.05) is 25.5 Å². The summed E-state index contributed by atoms with van der Waals surface area (Å²) < 4.78 is 11.0. The average Bonchev–Trinajstić information content (AvgIpc) is 2.43. The maximum absolute atomic E-state index is 11.7. The number of benzene rings is 1. The summed E-state index contributed by atoms with van der Waals surface area (Å²) in [6.45, 7) is 2.25. The first-order chi connectivity index (χ1) is 8.81. The average molecular weight is 248 g/mol. The van der Waals surface area contributed by atoms with Gasteiger partial charge in [0, 0.05) is 6.21 Å². The molecule has 0 aliphatic carbocycles. The number of nitrogens with one attached hydrogen (secondary N) is 1. The van der Waals surface area contributed by atoms with Crippen LogP contribution in [0.15, 0.2) is 29.4 Å². The molecule has 1 amide bonds. The second-order valence-corrected chi connectivity index (χ2v) is 3.94. The van der Waals surface area contributed by atoms with E-state index in [-0.39, 0.29) is 12.5 Å². The minimum Gasteiger partial charge on any atom is -0.485 e. The number of unbranched alkanes of at least 4 members (excludes halogenated alkanes) is 1. The van der Waals surface area contributed by atoms with Gasteiger partial charge in [-0.05, 0) is 18.6 Å². The number of hydrogen-bond acceptors (Lipinski definition) is 4. The first kappa shape index (κ1) is 12.4.